The standard InChI is InChI=1S/C12H10N2O6S.Na/c15-10-4-2-1-3-9(10)12(16)14-13-7-8-5-6-11(20-8)21(17,18)19;/h1-7,15H,(H,14,16)(H,17,18,19);/q;+1/b13-7+;. The van der Waals surface area contributed by atoms with Crippen molar-refractivity contribution in [3.05, 3.63) is 47.7 Å². The van der Waals surface area contributed by atoms with Crippen molar-refractivity contribution in [2.45, 2.75) is 5.09 Å². The van der Waals surface area contributed by atoms with Crippen LogP contribution in [0.5, 0.6) is 5.75 Å². The summed E-state index contributed by atoms with van der Waals surface area (Å²) in [7, 11) is -4.42. The van der Waals surface area contributed by atoms with Gasteiger partial charge in [0.2, 0.25) is 5.09 Å². The minimum atomic E-state index is -4.42. The van der Waals surface area contributed by atoms with E-state index in [9.17, 15) is 18.3 Å². The van der Waals surface area contributed by atoms with Crippen molar-refractivity contribution in [1.29, 1.82) is 0 Å². The van der Waals surface area contributed by atoms with E-state index in [-0.39, 0.29) is 46.6 Å². The molecule has 0 unspecified atom stereocenters. The van der Waals surface area contributed by atoms with E-state index in [1.54, 1.807) is 12.1 Å². The third kappa shape index (κ3) is 4.68. The van der Waals surface area contributed by atoms with Crippen LogP contribution in [0.25, 0.3) is 0 Å². The molecule has 0 spiro atoms. The Labute approximate surface area is 147 Å². The summed E-state index contributed by atoms with van der Waals surface area (Å²) in [5.74, 6) is -0.831. The van der Waals surface area contributed by atoms with Gasteiger partial charge >= 0.3 is 39.7 Å². The molecule has 110 valence electrons. The van der Waals surface area contributed by atoms with Crippen LogP contribution >= 0.6 is 0 Å². The van der Waals surface area contributed by atoms with Gasteiger partial charge in [0.25, 0.3) is 5.91 Å². The van der Waals surface area contributed by atoms with Gasteiger partial charge in [0.05, 0.1) is 11.8 Å². The zero-order chi connectivity index (χ0) is 15.5. The minimum absolute atomic E-state index is 0. The number of nitrogens with zero attached hydrogens (tertiary/aromatic N) is 1. The number of nitrogens with one attached hydrogen (secondary N) is 1. The molecule has 8 nitrogen and oxygen atoms in total. The van der Waals surface area contributed by atoms with E-state index in [1.165, 1.54) is 18.2 Å². The Bertz CT molecular complexity index is 799. The molecule has 10 heteroatoms. The molecule has 2 rings (SSSR count). The van der Waals surface area contributed by atoms with E-state index >= 15 is 0 Å². The number of phenolic OH excluding ortho intramolecular Hbond substituents is 1. The molecule has 1 aromatic heterocycles. The summed E-state index contributed by atoms with van der Waals surface area (Å²) < 4.78 is 35.0. The van der Waals surface area contributed by atoms with E-state index in [1.807, 2.05) is 0 Å². The van der Waals surface area contributed by atoms with Gasteiger partial charge in [-0.05, 0) is 24.3 Å². The first-order valence-electron chi connectivity index (χ1n) is 5.56. The summed E-state index contributed by atoms with van der Waals surface area (Å²) in [6.07, 6.45) is 1.05. The zero-order valence-corrected chi connectivity index (χ0v) is 14.2. The van der Waals surface area contributed by atoms with E-state index in [0.29, 0.717) is 0 Å². The second-order valence-electron chi connectivity index (χ2n) is 3.85. The number of furan rings is 1. The van der Waals surface area contributed by atoms with Crippen molar-refractivity contribution < 1.29 is 56.8 Å². The van der Waals surface area contributed by atoms with Gasteiger partial charge in [-0.15, -0.1) is 0 Å². The van der Waals surface area contributed by atoms with Gasteiger partial charge in [-0.3, -0.25) is 9.35 Å². The van der Waals surface area contributed by atoms with E-state index in [2.05, 4.69) is 10.5 Å². The van der Waals surface area contributed by atoms with Crippen LogP contribution in [0.15, 0.2) is 51.0 Å². The fourth-order valence-electron chi connectivity index (χ4n) is 1.42. The Balaban J connectivity index is 0.00000242. The quantitative estimate of drug-likeness (QED) is 0.257. The van der Waals surface area contributed by atoms with Crippen molar-refractivity contribution >= 4 is 22.2 Å². The molecule has 1 heterocycles. The summed E-state index contributed by atoms with van der Waals surface area (Å²) in [5, 5.41) is 12.4. The summed E-state index contributed by atoms with van der Waals surface area (Å²) >= 11 is 0. The Morgan fingerprint density at radius 2 is 1.91 bits per heavy atom. The summed E-state index contributed by atoms with van der Waals surface area (Å²) in [6, 6.07) is 8.19. The van der Waals surface area contributed by atoms with Crippen molar-refractivity contribution in [3.63, 3.8) is 0 Å². The maximum atomic E-state index is 11.7. The molecule has 1 aromatic carbocycles. The molecule has 0 atom stereocenters. The van der Waals surface area contributed by atoms with Gasteiger partial charge in [0.1, 0.15) is 11.5 Å². The van der Waals surface area contributed by atoms with Crippen LogP contribution in [0, 0.1) is 0 Å². The van der Waals surface area contributed by atoms with Gasteiger partial charge in [0.15, 0.2) is 0 Å². The Morgan fingerprint density at radius 1 is 1.23 bits per heavy atom. The van der Waals surface area contributed by atoms with Gasteiger partial charge < -0.3 is 9.52 Å². The molecule has 1 amide bonds. The fourth-order valence-corrected chi connectivity index (χ4v) is 1.86. The Morgan fingerprint density at radius 3 is 2.50 bits per heavy atom. The van der Waals surface area contributed by atoms with E-state index in [0.717, 1.165) is 12.3 Å². The van der Waals surface area contributed by atoms with Gasteiger partial charge in [-0.1, -0.05) is 12.1 Å². The molecular weight excluding hydrogens is 323 g/mol. The molecule has 22 heavy (non-hydrogen) atoms. The first kappa shape index (κ1) is 18.4. The number of carbonyl (C=O) groups is 1. The molecule has 0 fully saturated rings. The molecule has 0 aliphatic carbocycles. The molecule has 0 bridgehead atoms. The third-order valence-corrected chi connectivity index (χ3v) is 3.09. The molecular formula is C12H10N2NaO6S+. The fraction of sp³-hybridized carbons (Fsp3) is 0. The van der Waals surface area contributed by atoms with Gasteiger partial charge in [0, 0.05) is 0 Å². The summed E-state index contributed by atoms with van der Waals surface area (Å²) in [4.78, 5) is 11.7. The first-order chi connectivity index (χ1) is 9.88. The average molecular weight is 333 g/mol. The molecule has 2 aromatic rings. The Hall–Kier alpha value is -1.65. The van der Waals surface area contributed by atoms with Crippen LogP contribution < -0.4 is 35.0 Å². The van der Waals surface area contributed by atoms with Gasteiger partial charge in [-0.25, -0.2) is 5.43 Å². The molecule has 0 aliphatic rings. The number of rotatable bonds is 4. The van der Waals surface area contributed by atoms with Crippen LogP contribution in [0.2, 0.25) is 0 Å². The average Bonchev–Trinajstić information content (AvgIpc) is 2.88. The first-order valence-corrected chi connectivity index (χ1v) is 7.00. The number of hydrogen-bond donors (Lipinski definition) is 3. The van der Waals surface area contributed by atoms with Crippen LogP contribution in [-0.2, 0) is 10.1 Å². The van der Waals surface area contributed by atoms with Crippen LogP contribution in [-0.4, -0.2) is 30.2 Å². The number of phenols is 1. The second-order valence-corrected chi connectivity index (χ2v) is 5.20. The van der Waals surface area contributed by atoms with E-state index in [4.69, 9.17) is 8.97 Å². The Kier molecular flexibility index (Phi) is 6.33. The van der Waals surface area contributed by atoms with Crippen molar-refractivity contribution in [2.24, 2.45) is 5.10 Å². The van der Waals surface area contributed by atoms with Crippen LogP contribution in [0.4, 0.5) is 0 Å². The maximum Gasteiger partial charge on any atom is 1.00 e. The van der Waals surface area contributed by atoms with Crippen molar-refractivity contribution in [1.82, 2.24) is 5.43 Å². The predicted molar refractivity (Wildman–Crippen MR) is 71.7 cm³/mol. The molecule has 3 N–H and O–H groups in total. The molecule has 0 saturated carbocycles. The number of hydrogen-bond acceptors (Lipinski definition) is 6. The molecule has 0 saturated heterocycles. The number of amides is 1. The number of hydrazone groups is 1. The smallest absolute Gasteiger partial charge is 0.507 e. The number of para-hydroxylation sites is 1. The largest absolute Gasteiger partial charge is 1.00 e. The van der Waals surface area contributed by atoms with Crippen LogP contribution in [0.3, 0.4) is 0 Å². The normalized spacial score (nSPS) is 11.1. The maximum absolute atomic E-state index is 11.7. The summed E-state index contributed by atoms with van der Waals surface area (Å²) in [5.41, 5.74) is 2.17. The summed E-state index contributed by atoms with van der Waals surface area (Å²) in [6.45, 7) is 0. The van der Waals surface area contributed by atoms with Gasteiger partial charge in [-0.2, -0.15) is 13.5 Å². The van der Waals surface area contributed by atoms with E-state index < -0.39 is 21.1 Å². The zero-order valence-electron chi connectivity index (χ0n) is 11.4. The van der Waals surface area contributed by atoms with Crippen molar-refractivity contribution in [3.8, 4) is 5.75 Å². The number of carbonyl (C=O) groups excluding carboxylic acids is 1. The SMILES string of the molecule is O=C(N/N=C/c1ccc(S(=O)(=O)O)o1)c1ccccc1O.[Na+]. The van der Waals surface area contributed by atoms with Crippen molar-refractivity contribution in [2.75, 3.05) is 0 Å². The topological polar surface area (TPSA) is 129 Å². The molecule has 0 aliphatic heterocycles. The monoisotopic (exact) mass is 333 g/mol. The number of aromatic hydroxyl groups is 1. The second kappa shape index (κ2) is 7.56. The minimum Gasteiger partial charge on any atom is -0.507 e. The molecule has 0 radical (unpaired) electrons. The van der Waals surface area contributed by atoms with Crippen LogP contribution in [0.1, 0.15) is 16.1 Å². The third-order valence-electron chi connectivity index (χ3n) is 2.36. The number of benzene rings is 1. The predicted octanol–water partition coefficient (Wildman–Crippen LogP) is -2.00.